The van der Waals surface area contributed by atoms with Crippen molar-refractivity contribution >= 4 is 21.9 Å². The summed E-state index contributed by atoms with van der Waals surface area (Å²) in [6.07, 6.45) is 1.45. The maximum Gasteiger partial charge on any atom is 0.324 e. The first-order valence-corrected chi connectivity index (χ1v) is 9.26. The first kappa shape index (κ1) is 18.3. The number of sulfonamides is 1. The molecule has 1 saturated heterocycles. The van der Waals surface area contributed by atoms with Crippen LogP contribution in [0.5, 0.6) is 0 Å². The summed E-state index contributed by atoms with van der Waals surface area (Å²) in [5.41, 5.74) is 0.374. The van der Waals surface area contributed by atoms with E-state index in [0.717, 1.165) is 18.4 Å². The van der Waals surface area contributed by atoms with E-state index in [1.165, 1.54) is 17.0 Å². The predicted molar refractivity (Wildman–Crippen MR) is 84.1 cm³/mol. The normalized spacial score (nSPS) is 22.6. The summed E-state index contributed by atoms with van der Waals surface area (Å²) in [5.74, 6) is -2.34. The fourth-order valence-electron chi connectivity index (χ4n) is 2.91. The lowest BCUT2D eigenvalue weighted by Gasteiger charge is -2.44. The van der Waals surface area contributed by atoms with Crippen molar-refractivity contribution in [3.63, 3.8) is 0 Å². The highest BCUT2D eigenvalue weighted by atomic mass is 32.2. The van der Waals surface area contributed by atoms with Crippen molar-refractivity contribution < 1.29 is 27.5 Å². The Morgan fingerprint density at radius 3 is 2.38 bits per heavy atom. The van der Waals surface area contributed by atoms with Gasteiger partial charge in [0.1, 0.15) is 11.9 Å². The highest BCUT2D eigenvalue weighted by Crippen LogP contribution is 2.33. The summed E-state index contributed by atoms with van der Waals surface area (Å²) in [7, 11) is -3.91. The van der Waals surface area contributed by atoms with Crippen LogP contribution in [-0.2, 0) is 19.6 Å². The molecule has 9 heteroatoms. The fourth-order valence-corrected chi connectivity index (χ4v) is 3.88. The smallest absolute Gasteiger partial charge is 0.324 e. The molecule has 1 aromatic carbocycles. The molecule has 1 aliphatic rings. The quantitative estimate of drug-likeness (QED) is 0.841. The molecule has 0 saturated carbocycles. The van der Waals surface area contributed by atoms with Gasteiger partial charge in [0.2, 0.25) is 15.9 Å². The van der Waals surface area contributed by atoms with Crippen molar-refractivity contribution in [1.82, 2.24) is 9.21 Å². The third kappa shape index (κ3) is 3.57. The fraction of sp³-hybridized carbons (Fsp3) is 0.467. The molecule has 1 N–H and O–H groups in total. The Hall–Kier alpha value is -2.00. The standard InChI is InChI=1S/C15H19FN2O5S/c1-3-8-17-12(19)9-18(24(2,22)23)14(15(20)21)13(17)10-4-6-11(16)7-5-10/h4-7,13-14H,3,8-9H2,1-2H3,(H,20,21). The van der Waals surface area contributed by atoms with E-state index in [0.29, 0.717) is 16.3 Å². The molecule has 24 heavy (non-hydrogen) atoms. The van der Waals surface area contributed by atoms with Crippen LogP contribution in [0.2, 0.25) is 0 Å². The van der Waals surface area contributed by atoms with Gasteiger partial charge in [-0.05, 0) is 24.1 Å². The molecule has 132 valence electrons. The van der Waals surface area contributed by atoms with Crippen LogP contribution < -0.4 is 0 Å². The zero-order valence-electron chi connectivity index (χ0n) is 13.3. The van der Waals surface area contributed by atoms with Crippen LogP contribution in [0.25, 0.3) is 0 Å². The number of halogens is 1. The van der Waals surface area contributed by atoms with Crippen molar-refractivity contribution in [2.45, 2.75) is 25.4 Å². The summed E-state index contributed by atoms with van der Waals surface area (Å²) < 4.78 is 37.8. The number of carbonyl (C=O) groups excluding carboxylic acids is 1. The van der Waals surface area contributed by atoms with E-state index in [4.69, 9.17) is 0 Å². The van der Waals surface area contributed by atoms with Crippen LogP contribution in [0.3, 0.4) is 0 Å². The van der Waals surface area contributed by atoms with Gasteiger partial charge in [0.15, 0.2) is 0 Å². The predicted octanol–water partition coefficient (Wildman–Crippen LogP) is 0.834. The summed E-state index contributed by atoms with van der Waals surface area (Å²) in [4.78, 5) is 25.6. The molecule has 1 aromatic rings. The first-order valence-electron chi connectivity index (χ1n) is 7.41. The average molecular weight is 358 g/mol. The largest absolute Gasteiger partial charge is 0.480 e. The highest BCUT2D eigenvalue weighted by molar-refractivity contribution is 7.88. The zero-order valence-corrected chi connectivity index (χ0v) is 14.2. The van der Waals surface area contributed by atoms with Crippen LogP contribution in [0.1, 0.15) is 24.9 Å². The van der Waals surface area contributed by atoms with Crippen LogP contribution in [0.15, 0.2) is 24.3 Å². The molecule has 2 rings (SSSR count). The van der Waals surface area contributed by atoms with Gasteiger partial charge in [-0.1, -0.05) is 19.1 Å². The van der Waals surface area contributed by atoms with Gasteiger partial charge in [-0.15, -0.1) is 0 Å². The minimum atomic E-state index is -3.91. The highest BCUT2D eigenvalue weighted by Gasteiger charge is 2.48. The average Bonchev–Trinajstić information content (AvgIpc) is 2.48. The molecule has 2 unspecified atom stereocenters. The number of nitrogens with zero attached hydrogens (tertiary/aromatic N) is 2. The van der Waals surface area contributed by atoms with Gasteiger partial charge in [0.25, 0.3) is 0 Å². The Labute approximate surface area is 139 Å². The van der Waals surface area contributed by atoms with Gasteiger partial charge in [-0.3, -0.25) is 9.59 Å². The SMILES string of the molecule is CCCN1C(=O)CN(S(C)(=O)=O)C(C(=O)O)C1c1ccc(F)cc1. The van der Waals surface area contributed by atoms with E-state index in [1.807, 2.05) is 6.92 Å². The van der Waals surface area contributed by atoms with Crippen molar-refractivity contribution in [2.75, 3.05) is 19.3 Å². The summed E-state index contributed by atoms with van der Waals surface area (Å²) in [6, 6.07) is 2.58. The molecule has 7 nitrogen and oxygen atoms in total. The number of piperazine rings is 1. The van der Waals surface area contributed by atoms with Crippen molar-refractivity contribution in [2.24, 2.45) is 0 Å². The Morgan fingerprint density at radius 1 is 1.33 bits per heavy atom. The molecular weight excluding hydrogens is 339 g/mol. The van der Waals surface area contributed by atoms with Gasteiger partial charge in [-0.25, -0.2) is 12.8 Å². The molecule has 0 radical (unpaired) electrons. The topological polar surface area (TPSA) is 95.0 Å². The van der Waals surface area contributed by atoms with Gasteiger partial charge >= 0.3 is 5.97 Å². The number of carbonyl (C=O) groups is 2. The second kappa shape index (κ2) is 6.86. The van der Waals surface area contributed by atoms with Gasteiger partial charge in [0.05, 0.1) is 18.8 Å². The van der Waals surface area contributed by atoms with Crippen molar-refractivity contribution in [3.05, 3.63) is 35.6 Å². The van der Waals surface area contributed by atoms with Crippen LogP contribution >= 0.6 is 0 Å². The number of hydrogen-bond donors (Lipinski definition) is 1. The summed E-state index contributed by atoms with van der Waals surface area (Å²) >= 11 is 0. The Balaban J connectivity index is 2.60. The Morgan fingerprint density at radius 2 is 1.92 bits per heavy atom. The second-order valence-electron chi connectivity index (χ2n) is 5.67. The molecule has 2 atom stereocenters. The Bertz CT molecular complexity index is 735. The number of benzene rings is 1. The molecule has 0 aromatic heterocycles. The third-order valence-corrected chi connectivity index (χ3v) is 5.12. The number of carboxylic acid groups (broad SMARTS) is 1. The lowest BCUT2D eigenvalue weighted by molar-refractivity contribution is -0.153. The van der Waals surface area contributed by atoms with Gasteiger partial charge in [-0.2, -0.15) is 4.31 Å². The maximum atomic E-state index is 13.2. The van der Waals surface area contributed by atoms with Crippen molar-refractivity contribution in [1.29, 1.82) is 0 Å². The Kier molecular flexibility index (Phi) is 5.24. The first-order chi connectivity index (χ1) is 11.2. The number of aliphatic carboxylic acids is 1. The number of amides is 1. The monoisotopic (exact) mass is 358 g/mol. The lowest BCUT2D eigenvalue weighted by Crippen LogP contribution is -2.61. The van der Waals surface area contributed by atoms with E-state index in [9.17, 15) is 27.5 Å². The molecule has 0 bridgehead atoms. The van der Waals surface area contributed by atoms with Gasteiger partial charge in [0, 0.05) is 6.54 Å². The van der Waals surface area contributed by atoms with Crippen LogP contribution in [-0.4, -0.2) is 60.0 Å². The molecule has 0 spiro atoms. The van der Waals surface area contributed by atoms with Crippen molar-refractivity contribution in [3.8, 4) is 0 Å². The summed E-state index contributed by atoms with van der Waals surface area (Å²) in [5, 5.41) is 9.61. The number of hydrogen-bond acceptors (Lipinski definition) is 4. The third-order valence-electron chi connectivity index (χ3n) is 3.91. The lowest BCUT2D eigenvalue weighted by atomic mass is 9.94. The van der Waals surface area contributed by atoms with E-state index < -0.39 is 46.3 Å². The minimum Gasteiger partial charge on any atom is -0.480 e. The van der Waals surface area contributed by atoms with E-state index in [1.54, 1.807) is 0 Å². The minimum absolute atomic E-state index is 0.280. The number of carboxylic acids is 1. The summed E-state index contributed by atoms with van der Waals surface area (Å²) in [6.45, 7) is 1.59. The van der Waals surface area contributed by atoms with E-state index >= 15 is 0 Å². The van der Waals surface area contributed by atoms with E-state index in [2.05, 4.69) is 0 Å². The number of rotatable bonds is 5. The molecule has 1 fully saturated rings. The second-order valence-corrected chi connectivity index (χ2v) is 7.61. The van der Waals surface area contributed by atoms with Crippen LogP contribution in [0.4, 0.5) is 4.39 Å². The molecule has 1 amide bonds. The maximum absolute atomic E-state index is 13.2. The zero-order chi connectivity index (χ0) is 18.1. The van der Waals surface area contributed by atoms with E-state index in [-0.39, 0.29) is 6.54 Å². The van der Waals surface area contributed by atoms with Gasteiger partial charge < -0.3 is 10.0 Å². The molecular formula is C15H19FN2O5S. The molecule has 1 aliphatic heterocycles. The molecule has 1 heterocycles. The van der Waals surface area contributed by atoms with Crippen LogP contribution in [0, 0.1) is 5.82 Å². The molecule has 0 aliphatic carbocycles.